The molecule has 5 rings (SSSR count). The summed E-state index contributed by atoms with van der Waals surface area (Å²) in [5.74, 6) is 1.35. The highest BCUT2D eigenvalue weighted by atomic mass is 16.1. The molecule has 3 aromatic rings. The number of benzene rings is 2. The van der Waals surface area contributed by atoms with Gasteiger partial charge in [0.25, 0.3) is 0 Å². The number of nitrogens with one attached hydrogen (secondary N) is 2. The molecule has 0 radical (unpaired) electrons. The van der Waals surface area contributed by atoms with Crippen LogP contribution < -0.4 is 10.6 Å². The Labute approximate surface area is 214 Å². The molecule has 188 valence electrons. The van der Waals surface area contributed by atoms with Crippen molar-refractivity contribution in [3.05, 3.63) is 71.4 Å². The number of rotatable bonds is 9. The van der Waals surface area contributed by atoms with Gasteiger partial charge in [-0.05, 0) is 80.1 Å². The molecule has 1 aliphatic carbocycles. The maximum absolute atomic E-state index is 12.1. The van der Waals surface area contributed by atoms with E-state index in [-0.39, 0.29) is 11.8 Å². The molecule has 1 amide bonds. The molecular weight excluding hydrogens is 446 g/mol. The van der Waals surface area contributed by atoms with Gasteiger partial charge in [-0.15, -0.1) is 0 Å². The van der Waals surface area contributed by atoms with Crippen LogP contribution in [0.4, 0.5) is 11.6 Å². The lowest BCUT2D eigenvalue weighted by atomic mass is 9.78. The third-order valence-corrected chi connectivity index (χ3v) is 7.20. The third-order valence-electron chi connectivity index (χ3n) is 7.20. The summed E-state index contributed by atoms with van der Waals surface area (Å²) < 4.78 is 0. The molecule has 2 aliphatic rings. The molecule has 1 fully saturated rings. The standard InChI is InChI=1S/C30H37N5O/c1-21(2)18-28(36)33-24-12-10-22(11-13-24)27-19-23-20-32-30(31-14-7-17-35-15-5-6-16-35)34-29(23)26-9-4-3-8-25(26)27/h3-4,8-13,20-21,27H,5-7,14-19H2,1-2H3,(H,33,36)(H,31,32,34). The van der Waals surface area contributed by atoms with Crippen LogP contribution in [0.15, 0.2) is 54.7 Å². The smallest absolute Gasteiger partial charge is 0.224 e. The predicted octanol–water partition coefficient (Wildman–Crippen LogP) is 5.71. The quantitative estimate of drug-likeness (QED) is 0.381. The van der Waals surface area contributed by atoms with E-state index in [4.69, 9.17) is 4.98 Å². The van der Waals surface area contributed by atoms with Crippen molar-refractivity contribution >= 4 is 17.5 Å². The number of likely N-dealkylation sites (tertiary alicyclic amines) is 1. The summed E-state index contributed by atoms with van der Waals surface area (Å²) in [6, 6.07) is 16.9. The Morgan fingerprint density at radius 3 is 2.64 bits per heavy atom. The van der Waals surface area contributed by atoms with Crippen molar-refractivity contribution in [1.29, 1.82) is 0 Å². The minimum atomic E-state index is 0.0623. The van der Waals surface area contributed by atoms with Crippen molar-refractivity contribution in [2.45, 2.75) is 51.9 Å². The molecule has 1 unspecified atom stereocenters. The molecule has 6 nitrogen and oxygen atoms in total. The van der Waals surface area contributed by atoms with Gasteiger partial charge in [-0.1, -0.05) is 50.2 Å². The first kappa shape index (κ1) is 24.4. The second kappa shape index (κ2) is 11.2. The van der Waals surface area contributed by atoms with E-state index in [1.165, 1.54) is 48.2 Å². The van der Waals surface area contributed by atoms with Crippen molar-refractivity contribution in [3.8, 4) is 11.3 Å². The number of hydrogen-bond acceptors (Lipinski definition) is 5. The lowest BCUT2D eigenvalue weighted by molar-refractivity contribution is -0.116. The molecule has 36 heavy (non-hydrogen) atoms. The number of anilines is 2. The number of hydrogen-bond donors (Lipinski definition) is 2. The summed E-state index contributed by atoms with van der Waals surface area (Å²) in [5, 5.41) is 6.45. The maximum atomic E-state index is 12.1. The number of carbonyl (C=O) groups is 1. The first-order valence-electron chi connectivity index (χ1n) is 13.4. The fourth-order valence-electron chi connectivity index (χ4n) is 5.41. The van der Waals surface area contributed by atoms with Crippen LogP contribution >= 0.6 is 0 Å². The van der Waals surface area contributed by atoms with Crippen molar-refractivity contribution in [1.82, 2.24) is 14.9 Å². The Hall–Kier alpha value is -3.25. The van der Waals surface area contributed by atoms with Crippen molar-refractivity contribution in [2.75, 3.05) is 36.8 Å². The van der Waals surface area contributed by atoms with Gasteiger partial charge >= 0.3 is 0 Å². The molecule has 2 N–H and O–H groups in total. The SMILES string of the molecule is CC(C)CC(=O)Nc1ccc(C2Cc3cnc(NCCCN4CCCC4)nc3-c3ccccc32)cc1. The second-order valence-electron chi connectivity index (χ2n) is 10.5. The van der Waals surface area contributed by atoms with Gasteiger partial charge in [0.2, 0.25) is 11.9 Å². The summed E-state index contributed by atoms with van der Waals surface area (Å²) in [5.41, 5.74) is 6.77. The average molecular weight is 484 g/mol. The summed E-state index contributed by atoms with van der Waals surface area (Å²) in [4.78, 5) is 24.3. The molecule has 6 heteroatoms. The first-order valence-corrected chi connectivity index (χ1v) is 13.4. The van der Waals surface area contributed by atoms with Crippen LogP contribution in [-0.4, -0.2) is 47.0 Å². The minimum absolute atomic E-state index is 0.0623. The zero-order valence-electron chi connectivity index (χ0n) is 21.5. The molecule has 1 atom stereocenters. The Morgan fingerprint density at radius 2 is 1.86 bits per heavy atom. The van der Waals surface area contributed by atoms with Crippen LogP contribution in [0, 0.1) is 5.92 Å². The summed E-state index contributed by atoms with van der Waals surface area (Å²) in [7, 11) is 0. The van der Waals surface area contributed by atoms with Gasteiger partial charge in [-0.3, -0.25) is 4.79 Å². The monoisotopic (exact) mass is 483 g/mol. The Morgan fingerprint density at radius 1 is 1.08 bits per heavy atom. The van der Waals surface area contributed by atoms with Crippen LogP contribution in [0.1, 0.15) is 62.1 Å². The maximum Gasteiger partial charge on any atom is 0.224 e. The van der Waals surface area contributed by atoms with E-state index < -0.39 is 0 Å². The normalized spacial score (nSPS) is 17.0. The van der Waals surface area contributed by atoms with E-state index in [0.29, 0.717) is 18.3 Å². The molecular formula is C30H37N5O. The number of fused-ring (bicyclic) bond motifs is 3. The van der Waals surface area contributed by atoms with Gasteiger partial charge in [0.15, 0.2) is 0 Å². The molecule has 2 heterocycles. The average Bonchev–Trinajstić information content (AvgIpc) is 3.40. The van der Waals surface area contributed by atoms with E-state index in [1.807, 2.05) is 18.3 Å². The topological polar surface area (TPSA) is 70.2 Å². The van der Waals surface area contributed by atoms with Crippen LogP contribution in [-0.2, 0) is 11.2 Å². The van der Waals surface area contributed by atoms with Gasteiger partial charge in [0.05, 0.1) is 5.69 Å². The molecule has 0 spiro atoms. The number of nitrogens with zero attached hydrogens (tertiary/aromatic N) is 3. The summed E-state index contributed by atoms with van der Waals surface area (Å²) in [6.07, 6.45) is 7.16. The fourth-order valence-corrected chi connectivity index (χ4v) is 5.41. The Bertz CT molecular complexity index is 1180. The Balaban J connectivity index is 1.29. The molecule has 0 bridgehead atoms. The zero-order chi connectivity index (χ0) is 24.9. The van der Waals surface area contributed by atoms with Gasteiger partial charge in [-0.25, -0.2) is 9.97 Å². The highest BCUT2D eigenvalue weighted by Gasteiger charge is 2.27. The van der Waals surface area contributed by atoms with Crippen molar-refractivity contribution in [3.63, 3.8) is 0 Å². The van der Waals surface area contributed by atoms with Crippen LogP contribution in [0.5, 0.6) is 0 Å². The number of aromatic nitrogens is 2. The highest BCUT2D eigenvalue weighted by Crippen LogP contribution is 2.42. The highest BCUT2D eigenvalue weighted by molar-refractivity contribution is 5.90. The summed E-state index contributed by atoms with van der Waals surface area (Å²) in [6.45, 7) is 8.62. The van der Waals surface area contributed by atoms with Crippen molar-refractivity contribution < 1.29 is 4.79 Å². The Kier molecular flexibility index (Phi) is 7.61. The first-order chi connectivity index (χ1) is 17.6. The van der Waals surface area contributed by atoms with Gasteiger partial charge in [0, 0.05) is 36.3 Å². The van der Waals surface area contributed by atoms with E-state index in [2.05, 4.69) is 70.8 Å². The van der Waals surface area contributed by atoms with Gasteiger partial charge < -0.3 is 15.5 Å². The fraction of sp³-hybridized carbons (Fsp3) is 0.433. The molecule has 1 aliphatic heterocycles. The molecule has 0 saturated carbocycles. The molecule has 1 saturated heterocycles. The minimum Gasteiger partial charge on any atom is -0.354 e. The molecule has 1 aromatic heterocycles. The zero-order valence-corrected chi connectivity index (χ0v) is 21.5. The van der Waals surface area contributed by atoms with Crippen LogP contribution in [0.3, 0.4) is 0 Å². The third kappa shape index (κ3) is 5.76. The largest absolute Gasteiger partial charge is 0.354 e. The predicted molar refractivity (Wildman–Crippen MR) is 146 cm³/mol. The van der Waals surface area contributed by atoms with Crippen molar-refractivity contribution in [2.24, 2.45) is 5.92 Å². The lowest BCUT2D eigenvalue weighted by Crippen LogP contribution is -2.22. The number of amides is 1. The van der Waals surface area contributed by atoms with Crippen LogP contribution in [0.2, 0.25) is 0 Å². The van der Waals surface area contributed by atoms with Gasteiger partial charge in [-0.2, -0.15) is 0 Å². The molecule has 2 aromatic carbocycles. The lowest BCUT2D eigenvalue weighted by Gasteiger charge is -2.27. The number of carbonyl (C=O) groups excluding carboxylic acids is 1. The van der Waals surface area contributed by atoms with E-state index in [0.717, 1.165) is 37.3 Å². The van der Waals surface area contributed by atoms with E-state index in [1.54, 1.807) is 0 Å². The van der Waals surface area contributed by atoms with E-state index >= 15 is 0 Å². The second-order valence-corrected chi connectivity index (χ2v) is 10.5. The van der Waals surface area contributed by atoms with Gasteiger partial charge in [0.1, 0.15) is 0 Å². The summed E-state index contributed by atoms with van der Waals surface area (Å²) >= 11 is 0. The van der Waals surface area contributed by atoms with E-state index in [9.17, 15) is 4.79 Å². The van der Waals surface area contributed by atoms with Crippen LogP contribution in [0.25, 0.3) is 11.3 Å².